The molecule has 0 atom stereocenters. The highest BCUT2D eigenvalue weighted by molar-refractivity contribution is 4.87. The molecule has 0 saturated carbocycles. The standard InChI is InChI=1S/C13H28N2/c1-11(2)6-7-14(5)13-9-15(10-13)8-12(3)4/h11-13H,6-10H2,1-5H3. The third kappa shape index (κ3) is 4.52. The summed E-state index contributed by atoms with van der Waals surface area (Å²) in [6, 6.07) is 0.822. The van der Waals surface area contributed by atoms with Crippen molar-refractivity contribution < 1.29 is 0 Å². The van der Waals surface area contributed by atoms with E-state index < -0.39 is 0 Å². The largest absolute Gasteiger partial charge is 0.301 e. The summed E-state index contributed by atoms with van der Waals surface area (Å²) in [6.07, 6.45) is 1.33. The Morgan fingerprint density at radius 2 is 1.73 bits per heavy atom. The molecule has 0 aromatic rings. The number of likely N-dealkylation sites (tertiary alicyclic amines) is 1. The van der Waals surface area contributed by atoms with E-state index in [0.717, 1.165) is 17.9 Å². The van der Waals surface area contributed by atoms with Gasteiger partial charge in [0.1, 0.15) is 0 Å². The summed E-state index contributed by atoms with van der Waals surface area (Å²) in [5.74, 6) is 1.64. The van der Waals surface area contributed by atoms with Crippen LogP contribution < -0.4 is 0 Å². The van der Waals surface area contributed by atoms with Crippen LogP contribution >= 0.6 is 0 Å². The molecule has 0 unspecified atom stereocenters. The van der Waals surface area contributed by atoms with Crippen LogP contribution in [0.15, 0.2) is 0 Å². The highest BCUT2D eigenvalue weighted by Crippen LogP contribution is 2.16. The predicted molar refractivity (Wildman–Crippen MR) is 67.2 cm³/mol. The van der Waals surface area contributed by atoms with Gasteiger partial charge in [-0.25, -0.2) is 0 Å². The number of likely N-dealkylation sites (N-methyl/N-ethyl adjacent to an activating group) is 1. The first-order valence-electron chi connectivity index (χ1n) is 6.41. The lowest BCUT2D eigenvalue weighted by atomic mass is 10.0. The van der Waals surface area contributed by atoms with Crippen molar-refractivity contribution in [3.63, 3.8) is 0 Å². The Balaban J connectivity index is 2.09. The number of rotatable bonds is 6. The average molecular weight is 212 g/mol. The highest BCUT2D eigenvalue weighted by Gasteiger charge is 2.29. The molecule has 1 aliphatic rings. The van der Waals surface area contributed by atoms with Gasteiger partial charge in [-0.15, -0.1) is 0 Å². The van der Waals surface area contributed by atoms with E-state index in [9.17, 15) is 0 Å². The molecule has 0 radical (unpaired) electrons. The average Bonchev–Trinajstić information content (AvgIpc) is 2.06. The highest BCUT2D eigenvalue weighted by atomic mass is 15.3. The van der Waals surface area contributed by atoms with Gasteiger partial charge in [0.2, 0.25) is 0 Å². The van der Waals surface area contributed by atoms with Crippen molar-refractivity contribution in [3.05, 3.63) is 0 Å². The Hall–Kier alpha value is -0.0800. The molecule has 0 aromatic heterocycles. The molecule has 15 heavy (non-hydrogen) atoms. The molecule has 0 aliphatic carbocycles. The van der Waals surface area contributed by atoms with Crippen LogP contribution in [0.25, 0.3) is 0 Å². The van der Waals surface area contributed by atoms with E-state index >= 15 is 0 Å². The van der Waals surface area contributed by atoms with Crippen molar-refractivity contribution in [1.82, 2.24) is 9.80 Å². The van der Waals surface area contributed by atoms with Crippen LogP contribution in [0.2, 0.25) is 0 Å². The van der Waals surface area contributed by atoms with E-state index in [-0.39, 0.29) is 0 Å². The summed E-state index contributed by atoms with van der Waals surface area (Å²) in [6.45, 7) is 14.3. The molecule has 1 heterocycles. The lowest BCUT2D eigenvalue weighted by Gasteiger charge is -2.45. The summed E-state index contributed by atoms with van der Waals surface area (Å²) in [5.41, 5.74) is 0. The molecule has 1 rings (SSSR count). The van der Waals surface area contributed by atoms with E-state index in [2.05, 4.69) is 44.5 Å². The molecule has 0 N–H and O–H groups in total. The van der Waals surface area contributed by atoms with Gasteiger partial charge in [-0.05, 0) is 31.8 Å². The fraction of sp³-hybridized carbons (Fsp3) is 1.00. The maximum absolute atomic E-state index is 2.57. The Morgan fingerprint density at radius 3 is 2.20 bits per heavy atom. The molecule has 0 aromatic carbocycles. The van der Waals surface area contributed by atoms with Gasteiger partial charge >= 0.3 is 0 Å². The molecular formula is C13H28N2. The van der Waals surface area contributed by atoms with Crippen LogP contribution in [0.5, 0.6) is 0 Å². The van der Waals surface area contributed by atoms with Gasteiger partial charge in [0.15, 0.2) is 0 Å². The zero-order valence-electron chi connectivity index (χ0n) is 11.2. The Kier molecular flexibility index (Phi) is 5.07. The van der Waals surface area contributed by atoms with Gasteiger partial charge in [-0.2, -0.15) is 0 Å². The monoisotopic (exact) mass is 212 g/mol. The second-order valence-electron chi connectivity index (χ2n) is 5.93. The molecule has 2 heteroatoms. The molecule has 1 saturated heterocycles. The first-order valence-corrected chi connectivity index (χ1v) is 6.41. The van der Waals surface area contributed by atoms with Crippen LogP contribution in [0.1, 0.15) is 34.1 Å². The van der Waals surface area contributed by atoms with Crippen molar-refractivity contribution in [3.8, 4) is 0 Å². The minimum atomic E-state index is 0.812. The molecule has 2 nitrogen and oxygen atoms in total. The van der Waals surface area contributed by atoms with E-state index in [0.29, 0.717) is 0 Å². The second kappa shape index (κ2) is 5.86. The fourth-order valence-corrected chi connectivity index (χ4v) is 2.13. The van der Waals surface area contributed by atoms with Gasteiger partial charge in [-0.3, -0.25) is 4.90 Å². The van der Waals surface area contributed by atoms with Crippen LogP contribution in [-0.4, -0.2) is 49.1 Å². The topological polar surface area (TPSA) is 6.48 Å². The van der Waals surface area contributed by atoms with Gasteiger partial charge in [0.05, 0.1) is 0 Å². The number of hydrogen-bond donors (Lipinski definition) is 0. The van der Waals surface area contributed by atoms with Crippen LogP contribution in [0.3, 0.4) is 0 Å². The second-order valence-corrected chi connectivity index (χ2v) is 5.93. The van der Waals surface area contributed by atoms with Gasteiger partial charge in [0.25, 0.3) is 0 Å². The Morgan fingerprint density at radius 1 is 1.13 bits per heavy atom. The summed E-state index contributed by atoms with van der Waals surface area (Å²) in [5, 5.41) is 0. The molecular weight excluding hydrogens is 184 g/mol. The van der Waals surface area contributed by atoms with Crippen molar-refractivity contribution in [2.45, 2.75) is 40.2 Å². The fourth-order valence-electron chi connectivity index (χ4n) is 2.13. The Bertz CT molecular complexity index is 171. The quantitative estimate of drug-likeness (QED) is 0.666. The zero-order chi connectivity index (χ0) is 11.4. The van der Waals surface area contributed by atoms with E-state index in [1.807, 2.05) is 0 Å². The zero-order valence-corrected chi connectivity index (χ0v) is 11.2. The lowest BCUT2D eigenvalue weighted by molar-refractivity contribution is 0.0391. The third-order valence-electron chi connectivity index (χ3n) is 3.24. The van der Waals surface area contributed by atoms with Gasteiger partial charge < -0.3 is 4.90 Å². The Labute approximate surface area is 95.6 Å². The van der Waals surface area contributed by atoms with Crippen LogP contribution in [-0.2, 0) is 0 Å². The van der Waals surface area contributed by atoms with Crippen molar-refractivity contribution >= 4 is 0 Å². The van der Waals surface area contributed by atoms with Gasteiger partial charge in [-0.1, -0.05) is 27.7 Å². The molecule has 90 valence electrons. The smallest absolute Gasteiger partial charge is 0.0347 e. The normalized spacial score (nSPS) is 19.2. The van der Waals surface area contributed by atoms with E-state index in [1.165, 1.54) is 32.6 Å². The maximum atomic E-state index is 2.57. The minimum Gasteiger partial charge on any atom is -0.301 e. The van der Waals surface area contributed by atoms with E-state index in [1.54, 1.807) is 0 Å². The molecule has 1 aliphatic heterocycles. The molecule has 0 amide bonds. The minimum absolute atomic E-state index is 0.812. The van der Waals surface area contributed by atoms with E-state index in [4.69, 9.17) is 0 Å². The van der Waals surface area contributed by atoms with Gasteiger partial charge in [0, 0.05) is 25.7 Å². The number of nitrogens with zero attached hydrogens (tertiary/aromatic N) is 2. The first-order chi connectivity index (χ1) is 6.99. The molecule has 0 bridgehead atoms. The number of hydrogen-bond acceptors (Lipinski definition) is 2. The van der Waals surface area contributed by atoms with Crippen molar-refractivity contribution in [2.24, 2.45) is 11.8 Å². The van der Waals surface area contributed by atoms with Crippen molar-refractivity contribution in [2.75, 3.05) is 33.2 Å². The SMILES string of the molecule is CC(C)CCN(C)C1CN(CC(C)C)C1. The van der Waals surface area contributed by atoms with Crippen LogP contribution in [0, 0.1) is 11.8 Å². The molecule has 0 spiro atoms. The first kappa shape index (κ1) is 13.0. The predicted octanol–water partition coefficient (Wildman–Crippen LogP) is 2.30. The lowest BCUT2D eigenvalue weighted by Crippen LogP contribution is -2.59. The van der Waals surface area contributed by atoms with Crippen LogP contribution in [0.4, 0.5) is 0 Å². The summed E-state index contributed by atoms with van der Waals surface area (Å²) >= 11 is 0. The maximum Gasteiger partial charge on any atom is 0.0347 e. The van der Waals surface area contributed by atoms with Crippen molar-refractivity contribution in [1.29, 1.82) is 0 Å². The summed E-state index contributed by atoms with van der Waals surface area (Å²) < 4.78 is 0. The molecule has 1 fully saturated rings. The third-order valence-corrected chi connectivity index (χ3v) is 3.24. The summed E-state index contributed by atoms with van der Waals surface area (Å²) in [7, 11) is 2.28. The summed E-state index contributed by atoms with van der Waals surface area (Å²) in [4.78, 5) is 5.11.